The van der Waals surface area contributed by atoms with Gasteiger partial charge in [-0.25, -0.2) is 0 Å². The van der Waals surface area contributed by atoms with Crippen LogP contribution in [0.1, 0.15) is 33.1 Å². The maximum Gasteiger partial charge on any atom is 0.0570 e. The molecule has 0 saturated heterocycles. The molecule has 0 aliphatic heterocycles. The third-order valence-electron chi connectivity index (χ3n) is 2.13. The van der Waals surface area contributed by atoms with Crippen LogP contribution in [0.2, 0.25) is 12.6 Å². The third-order valence-corrected chi connectivity index (χ3v) is 2.13. The van der Waals surface area contributed by atoms with Gasteiger partial charge in [-0.1, -0.05) is 32.9 Å². The minimum Gasteiger partial charge on any atom is -0.381 e. The molecule has 0 spiro atoms. The highest BCUT2D eigenvalue weighted by atomic mass is 16.5. The first-order valence-electron chi connectivity index (χ1n) is 4.94. The highest BCUT2D eigenvalue weighted by molar-refractivity contribution is 6.89. The van der Waals surface area contributed by atoms with E-state index in [9.17, 15) is 0 Å². The second kappa shape index (κ2) is 13.2. The molecule has 0 atom stereocenters. The van der Waals surface area contributed by atoms with Gasteiger partial charge in [-0.05, 0) is 12.8 Å². The molecule has 0 heterocycles. The molecule has 0 N–H and O–H groups in total. The normalized spacial score (nSPS) is 9.57. The molecule has 0 aromatic carbocycles. The van der Waals surface area contributed by atoms with E-state index >= 15 is 0 Å². The molecule has 0 saturated carbocycles. The van der Waals surface area contributed by atoms with Crippen molar-refractivity contribution in [3.8, 4) is 0 Å². The van der Waals surface area contributed by atoms with Crippen molar-refractivity contribution in [1.29, 1.82) is 0 Å². The maximum atomic E-state index is 5.33. The smallest absolute Gasteiger partial charge is 0.0570 e. The molecule has 0 aromatic heterocycles. The summed E-state index contributed by atoms with van der Waals surface area (Å²) in [6, 6.07) is 0. The zero-order chi connectivity index (χ0) is 9.94. The van der Waals surface area contributed by atoms with E-state index in [4.69, 9.17) is 20.2 Å². The van der Waals surface area contributed by atoms with Crippen LogP contribution in [0.25, 0.3) is 0 Å². The Morgan fingerprint density at radius 1 is 1.07 bits per heavy atom. The topological polar surface area (TPSA) is 9.23 Å². The first-order chi connectivity index (χ1) is 6.35. The van der Waals surface area contributed by atoms with Crippen LogP contribution in [-0.2, 0) is 4.74 Å². The lowest BCUT2D eigenvalue weighted by molar-refractivity contribution is 0.0868. The van der Waals surface area contributed by atoms with Crippen molar-refractivity contribution in [3.05, 3.63) is 0 Å². The van der Waals surface area contributed by atoms with E-state index in [0.717, 1.165) is 38.3 Å². The highest BCUT2D eigenvalue weighted by Crippen LogP contribution is 2.11. The van der Waals surface area contributed by atoms with Crippen LogP contribution in [-0.4, -0.2) is 43.0 Å². The molecule has 6 radical (unpaired) electrons. The van der Waals surface area contributed by atoms with Gasteiger partial charge in [-0.3, -0.25) is 0 Å². The van der Waals surface area contributed by atoms with Gasteiger partial charge in [0.05, 0.1) is 20.4 Å². The second-order valence-corrected chi connectivity index (χ2v) is 3.19. The Kier molecular flexibility index (Phi) is 15.7. The van der Waals surface area contributed by atoms with Crippen LogP contribution in [0.3, 0.4) is 0 Å². The van der Waals surface area contributed by atoms with Crippen molar-refractivity contribution in [2.75, 3.05) is 7.11 Å². The van der Waals surface area contributed by atoms with E-state index in [1.165, 1.54) is 0 Å². The van der Waals surface area contributed by atoms with Crippen molar-refractivity contribution in [1.82, 2.24) is 0 Å². The molecule has 0 fully saturated rings. The van der Waals surface area contributed by atoms with Gasteiger partial charge in [-0.2, -0.15) is 0 Å². The van der Waals surface area contributed by atoms with Crippen LogP contribution in [0.5, 0.6) is 0 Å². The Morgan fingerprint density at radius 3 is 1.79 bits per heavy atom. The predicted octanol–water partition coefficient (Wildman–Crippen LogP) is 1.61. The average Bonchev–Trinajstić information content (AvgIpc) is 2.16. The van der Waals surface area contributed by atoms with E-state index in [2.05, 4.69) is 0 Å². The van der Waals surface area contributed by atoms with Crippen molar-refractivity contribution < 1.29 is 4.74 Å². The van der Waals surface area contributed by atoms with Gasteiger partial charge in [0.2, 0.25) is 0 Å². The fourth-order valence-electron chi connectivity index (χ4n) is 1.31. The fourth-order valence-corrected chi connectivity index (χ4v) is 1.31. The van der Waals surface area contributed by atoms with Crippen LogP contribution in [0, 0.1) is 0 Å². The Bertz CT molecular complexity index is 92.8. The van der Waals surface area contributed by atoms with Crippen molar-refractivity contribution in [2.45, 2.75) is 51.9 Å². The van der Waals surface area contributed by atoms with E-state index in [1.807, 2.05) is 0 Å². The number of hydrogen-bond donors (Lipinski definition) is 0. The lowest BCUT2D eigenvalue weighted by Crippen LogP contribution is -2.11. The van der Waals surface area contributed by atoms with Crippen molar-refractivity contribution in [3.63, 3.8) is 0 Å². The van der Waals surface area contributed by atoms with E-state index in [-0.39, 0.29) is 7.43 Å². The number of hydrogen-bond acceptors (Lipinski definition) is 1. The van der Waals surface area contributed by atoms with Gasteiger partial charge in [0.15, 0.2) is 0 Å². The Balaban J connectivity index is 0. The summed E-state index contributed by atoms with van der Waals surface area (Å²) in [6.07, 6.45) is 6.73. The minimum absolute atomic E-state index is 0. The van der Waals surface area contributed by atoms with E-state index < -0.39 is 0 Å². The van der Waals surface area contributed by atoms with Crippen molar-refractivity contribution >= 4 is 29.8 Å². The summed E-state index contributed by atoms with van der Waals surface area (Å²) in [5.41, 5.74) is 0. The van der Waals surface area contributed by atoms with E-state index in [0.29, 0.717) is 6.10 Å². The molecule has 0 aliphatic carbocycles. The summed E-state index contributed by atoms with van der Waals surface area (Å²) in [5.74, 6) is 0. The molecule has 14 heavy (non-hydrogen) atoms. The summed E-state index contributed by atoms with van der Waals surface area (Å²) in [5, 5.41) is 0. The van der Waals surface area contributed by atoms with Crippen LogP contribution in [0.4, 0.5) is 0 Å². The van der Waals surface area contributed by atoms with Crippen LogP contribution >= 0.6 is 0 Å². The van der Waals surface area contributed by atoms with Crippen molar-refractivity contribution in [2.24, 2.45) is 0 Å². The molecule has 74 valence electrons. The minimum atomic E-state index is 0. The van der Waals surface area contributed by atoms with E-state index in [1.54, 1.807) is 21.5 Å². The maximum absolute atomic E-state index is 5.33. The van der Waals surface area contributed by atoms with Crippen LogP contribution < -0.4 is 0 Å². The standard InChI is InChI=1S/C8H16B4O.CH4/c1-13-8(4-2-6-11-9)5-3-7-12-10;/h8H,2-7H2,1H3;1H4. The third kappa shape index (κ3) is 10.3. The molecule has 0 amide bonds. The van der Waals surface area contributed by atoms with Gasteiger partial charge >= 0.3 is 0 Å². The molecule has 0 rings (SSSR count). The van der Waals surface area contributed by atoms with Crippen LogP contribution in [0.15, 0.2) is 0 Å². The quantitative estimate of drug-likeness (QED) is 0.394. The Labute approximate surface area is 94.0 Å². The Morgan fingerprint density at radius 2 is 1.50 bits per heavy atom. The second-order valence-electron chi connectivity index (χ2n) is 3.19. The number of rotatable bonds is 9. The van der Waals surface area contributed by atoms with Gasteiger partial charge < -0.3 is 4.74 Å². The molecule has 0 aromatic rings. The highest BCUT2D eigenvalue weighted by Gasteiger charge is 2.05. The molecular formula is C9H20B4O. The average molecular weight is 188 g/mol. The SMILES string of the molecule is C.[B][B]CCCC(CCC[B][B])OC. The summed E-state index contributed by atoms with van der Waals surface area (Å²) >= 11 is 0. The summed E-state index contributed by atoms with van der Waals surface area (Å²) < 4.78 is 5.33. The Hall–Kier alpha value is 0.220. The predicted molar refractivity (Wildman–Crippen MR) is 68.6 cm³/mol. The van der Waals surface area contributed by atoms with Gasteiger partial charge in [-0.15, -0.1) is 0 Å². The summed E-state index contributed by atoms with van der Waals surface area (Å²) in [6.45, 7) is 0. The number of methoxy groups -OCH3 is 1. The molecule has 0 bridgehead atoms. The van der Waals surface area contributed by atoms with Gasteiger partial charge in [0.25, 0.3) is 0 Å². The molecule has 0 aliphatic rings. The first kappa shape index (κ1) is 16.6. The molecular weight excluding hydrogens is 167 g/mol. The molecule has 5 heteroatoms. The molecule has 1 nitrogen and oxygen atoms in total. The fraction of sp³-hybridized carbons (Fsp3) is 1.00. The lowest BCUT2D eigenvalue weighted by Gasteiger charge is -2.14. The first-order valence-corrected chi connectivity index (χ1v) is 4.94. The number of ether oxygens (including phenoxy) is 1. The zero-order valence-electron chi connectivity index (χ0n) is 8.54. The molecule has 0 unspecified atom stereocenters. The zero-order valence-corrected chi connectivity index (χ0v) is 8.54. The lowest BCUT2D eigenvalue weighted by atomic mass is 9.52. The van der Waals surface area contributed by atoms with Gasteiger partial charge in [0.1, 0.15) is 0 Å². The van der Waals surface area contributed by atoms with Gasteiger partial charge in [0, 0.05) is 22.6 Å². The summed E-state index contributed by atoms with van der Waals surface area (Å²) in [4.78, 5) is 0. The monoisotopic (exact) mass is 188 g/mol. The largest absolute Gasteiger partial charge is 0.381 e. The summed E-state index contributed by atoms with van der Waals surface area (Å²) in [7, 11) is 15.8.